The Bertz CT molecular complexity index is 515. The Morgan fingerprint density at radius 1 is 1.40 bits per heavy atom. The van der Waals surface area contributed by atoms with Crippen molar-refractivity contribution in [3.63, 3.8) is 0 Å². The fourth-order valence-electron chi connectivity index (χ4n) is 1.46. The molecule has 0 unspecified atom stereocenters. The molecule has 0 aromatic carbocycles. The first-order chi connectivity index (χ1) is 9.47. The van der Waals surface area contributed by atoms with E-state index in [1.54, 1.807) is 20.0 Å². The van der Waals surface area contributed by atoms with Crippen molar-refractivity contribution in [2.24, 2.45) is 5.73 Å². The molecule has 0 amide bonds. The van der Waals surface area contributed by atoms with Gasteiger partial charge in [0.2, 0.25) is 11.7 Å². The molecule has 0 radical (unpaired) electrons. The molecule has 2 N–H and O–H groups in total. The van der Waals surface area contributed by atoms with Crippen molar-refractivity contribution >= 4 is 11.9 Å². The molecule has 0 atom stereocenters. The summed E-state index contributed by atoms with van der Waals surface area (Å²) in [6.07, 6.45) is 2.70. The molecule has 0 fully saturated rings. The lowest BCUT2D eigenvalue weighted by atomic mass is 9.95. The minimum atomic E-state index is -2.01. The zero-order valence-electron chi connectivity index (χ0n) is 11.2. The van der Waals surface area contributed by atoms with E-state index in [0.717, 1.165) is 4.68 Å². The van der Waals surface area contributed by atoms with Gasteiger partial charge in [0.05, 0.1) is 25.1 Å². The number of aromatic nitrogens is 3. The van der Waals surface area contributed by atoms with Crippen LogP contribution in [0.2, 0.25) is 0 Å². The molecule has 1 aromatic rings. The van der Waals surface area contributed by atoms with Crippen LogP contribution in [0.15, 0.2) is 6.20 Å². The Labute approximate surface area is 115 Å². The Morgan fingerprint density at radius 2 is 1.95 bits per heavy atom. The Kier molecular flexibility index (Phi) is 5.16. The average Bonchev–Trinajstić information content (AvgIpc) is 2.86. The van der Waals surface area contributed by atoms with E-state index >= 15 is 0 Å². The topological polar surface area (TPSA) is 133 Å². The molecule has 1 aromatic heterocycles. The average molecular weight is 281 g/mol. The maximum absolute atomic E-state index is 11.9. The molecule has 0 saturated carbocycles. The fourth-order valence-corrected chi connectivity index (χ4v) is 1.46. The molecule has 9 heteroatoms. The van der Waals surface area contributed by atoms with Crippen LogP contribution in [0.3, 0.4) is 0 Å². The molecule has 0 aliphatic carbocycles. The van der Waals surface area contributed by atoms with E-state index in [-0.39, 0.29) is 25.3 Å². The van der Waals surface area contributed by atoms with Gasteiger partial charge in [-0.15, -0.1) is 5.10 Å². The van der Waals surface area contributed by atoms with Crippen LogP contribution in [0.5, 0.6) is 0 Å². The number of hydrogen-bond donors (Lipinski definition) is 1. The summed E-state index contributed by atoms with van der Waals surface area (Å²) < 4.78 is 10.5. The summed E-state index contributed by atoms with van der Waals surface area (Å²) in [6.45, 7) is 3.33. The number of carbonyl (C=O) groups excluding carboxylic acids is 2. The zero-order valence-corrected chi connectivity index (χ0v) is 11.2. The summed E-state index contributed by atoms with van der Waals surface area (Å²) in [4.78, 5) is 23.8. The van der Waals surface area contributed by atoms with Crippen molar-refractivity contribution in [2.45, 2.75) is 25.8 Å². The van der Waals surface area contributed by atoms with E-state index in [2.05, 4.69) is 10.3 Å². The second kappa shape index (κ2) is 6.63. The summed E-state index contributed by atoms with van der Waals surface area (Å²) >= 11 is 0. The molecule has 0 bridgehead atoms. The largest absolute Gasteiger partial charge is 0.464 e. The lowest BCUT2D eigenvalue weighted by Gasteiger charge is -2.23. The van der Waals surface area contributed by atoms with Crippen molar-refractivity contribution in [3.8, 4) is 6.19 Å². The van der Waals surface area contributed by atoms with E-state index in [1.807, 2.05) is 0 Å². The molecule has 108 valence electrons. The molecule has 9 nitrogen and oxygen atoms in total. The van der Waals surface area contributed by atoms with Gasteiger partial charge in [0.15, 0.2) is 0 Å². The van der Waals surface area contributed by atoms with Crippen molar-refractivity contribution < 1.29 is 19.1 Å². The SMILES string of the molecule is CCOC(=O)C(N)(Cc1cn(C#N)nn1)C(=O)OCC. The van der Waals surface area contributed by atoms with Crippen molar-refractivity contribution in [1.82, 2.24) is 15.0 Å². The Balaban J connectivity index is 3.01. The van der Waals surface area contributed by atoms with Crippen molar-refractivity contribution in [3.05, 3.63) is 11.9 Å². The highest BCUT2D eigenvalue weighted by Crippen LogP contribution is 2.14. The van der Waals surface area contributed by atoms with Crippen LogP contribution < -0.4 is 5.73 Å². The van der Waals surface area contributed by atoms with E-state index in [9.17, 15) is 9.59 Å². The van der Waals surface area contributed by atoms with Crippen LogP contribution in [0.25, 0.3) is 0 Å². The predicted molar refractivity (Wildman–Crippen MR) is 64.9 cm³/mol. The number of nitrogens with zero attached hydrogens (tertiary/aromatic N) is 4. The molecular formula is C11H15N5O4. The van der Waals surface area contributed by atoms with Gasteiger partial charge in [0.1, 0.15) is 0 Å². The number of nitrogens with two attached hydrogens (primary N) is 1. The first-order valence-corrected chi connectivity index (χ1v) is 5.92. The first kappa shape index (κ1) is 15.6. The molecule has 0 aliphatic heterocycles. The van der Waals surface area contributed by atoms with E-state index in [4.69, 9.17) is 20.5 Å². The highest BCUT2D eigenvalue weighted by atomic mass is 16.6. The standard InChI is InChI=1S/C11H15N5O4/c1-3-19-9(17)11(13,10(18)20-4-2)5-8-6-16(7-12)15-14-8/h6H,3-5,13H2,1-2H3. The zero-order chi connectivity index (χ0) is 15.2. The quantitative estimate of drug-likeness (QED) is 0.517. The van der Waals surface area contributed by atoms with E-state index < -0.39 is 17.5 Å². The lowest BCUT2D eigenvalue weighted by Crippen LogP contribution is -2.58. The molecule has 1 rings (SSSR count). The first-order valence-electron chi connectivity index (χ1n) is 5.92. The molecule has 1 heterocycles. The lowest BCUT2D eigenvalue weighted by molar-refractivity contribution is -0.164. The number of rotatable bonds is 6. The third kappa shape index (κ3) is 3.30. The summed E-state index contributed by atoms with van der Waals surface area (Å²) in [6, 6.07) is 0. The minimum Gasteiger partial charge on any atom is -0.464 e. The highest BCUT2D eigenvalue weighted by molar-refractivity contribution is 6.04. The third-order valence-corrected chi connectivity index (χ3v) is 2.38. The Hall–Kier alpha value is -2.47. The maximum atomic E-state index is 11.9. The van der Waals surface area contributed by atoms with Gasteiger partial charge < -0.3 is 15.2 Å². The molecule has 0 aliphatic rings. The van der Waals surface area contributed by atoms with Crippen molar-refractivity contribution in [1.29, 1.82) is 5.26 Å². The summed E-state index contributed by atoms with van der Waals surface area (Å²) in [5.74, 6) is -1.82. The van der Waals surface area contributed by atoms with E-state index in [0.29, 0.717) is 0 Å². The van der Waals surface area contributed by atoms with Crippen LogP contribution in [0.4, 0.5) is 0 Å². The molecular weight excluding hydrogens is 266 g/mol. The summed E-state index contributed by atoms with van der Waals surface area (Å²) in [5.41, 5.74) is 4.02. The van der Waals surface area contributed by atoms with Gasteiger partial charge >= 0.3 is 11.9 Å². The van der Waals surface area contributed by atoms with Gasteiger partial charge in [0, 0.05) is 6.42 Å². The minimum absolute atomic E-state index is 0.0715. The van der Waals surface area contributed by atoms with Gasteiger partial charge in [-0.3, -0.25) is 0 Å². The highest BCUT2D eigenvalue weighted by Gasteiger charge is 2.46. The van der Waals surface area contributed by atoms with Crippen LogP contribution in [-0.2, 0) is 25.5 Å². The fraction of sp³-hybridized carbons (Fsp3) is 0.545. The van der Waals surface area contributed by atoms with Crippen LogP contribution >= 0.6 is 0 Å². The number of hydrogen-bond acceptors (Lipinski definition) is 8. The van der Waals surface area contributed by atoms with Gasteiger partial charge in [-0.25, -0.2) is 9.59 Å². The number of carbonyl (C=O) groups is 2. The molecule has 0 saturated heterocycles. The summed E-state index contributed by atoms with van der Waals surface area (Å²) in [5, 5.41) is 15.8. The monoisotopic (exact) mass is 281 g/mol. The van der Waals surface area contributed by atoms with E-state index in [1.165, 1.54) is 6.20 Å². The van der Waals surface area contributed by atoms with Crippen LogP contribution in [0.1, 0.15) is 19.5 Å². The number of nitriles is 1. The number of esters is 2. The maximum Gasteiger partial charge on any atom is 0.338 e. The van der Waals surface area contributed by atoms with Crippen LogP contribution in [-0.4, -0.2) is 45.7 Å². The number of ether oxygens (including phenoxy) is 2. The third-order valence-electron chi connectivity index (χ3n) is 2.38. The molecule has 20 heavy (non-hydrogen) atoms. The van der Waals surface area contributed by atoms with Gasteiger partial charge in [-0.2, -0.15) is 9.94 Å². The van der Waals surface area contributed by atoms with Gasteiger partial charge in [-0.05, 0) is 13.8 Å². The second-order valence-electron chi connectivity index (χ2n) is 3.84. The summed E-state index contributed by atoms with van der Waals surface area (Å²) in [7, 11) is 0. The normalized spacial score (nSPS) is 10.7. The van der Waals surface area contributed by atoms with Crippen molar-refractivity contribution in [2.75, 3.05) is 13.2 Å². The van der Waals surface area contributed by atoms with Gasteiger partial charge in [-0.1, -0.05) is 5.21 Å². The van der Waals surface area contributed by atoms with Crippen LogP contribution in [0, 0.1) is 11.5 Å². The van der Waals surface area contributed by atoms with Gasteiger partial charge in [0.25, 0.3) is 0 Å². The molecule has 0 spiro atoms. The smallest absolute Gasteiger partial charge is 0.338 e. The Morgan fingerprint density at radius 3 is 2.35 bits per heavy atom. The second-order valence-corrected chi connectivity index (χ2v) is 3.84. The predicted octanol–water partition coefficient (Wildman–Crippen LogP) is -1.03.